The summed E-state index contributed by atoms with van der Waals surface area (Å²) in [5.74, 6) is 0.0689. The van der Waals surface area contributed by atoms with Gasteiger partial charge in [0.2, 0.25) is 5.91 Å². The Kier molecular flexibility index (Phi) is 5.55. The first-order valence-electron chi connectivity index (χ1n) is 6.76. The normalized spacial score (nSPS) is 13.9. The molecule has 0 aromatic heterocycles. The average Bonchev–Trinajstić information content (AvgIpc) is 2.52. The number of nitrogens with zero attached hydrogens (tertiary/aromatic N) is 1. The molecular weight excluding hydrogens is 306 g/mol. The molecule has 0 radical (unpaired) electrons. The van der Waals surface area contributed by atoms with Gasteiger partial charge in [-0.2, -0.15) is 5.10 Å². The molecular formula is C15H16ClN3O3. The fourth-order valence-corrected chi connectivity index (χ4v) is 2.10. The van der Waals surface area contributed by atoms with Gasteiger partial charge in [-0.25, -0.2) is 5.43 Å². The largest absolute Gasteiger partial charge is 0.482 e. The molecule has 1 aliphatic rings. The van der Waals surface area contributed by atoms with E-state index in [1.54, 1.807) is 24.3 Å². The molecule has 1 heterocycles. The van der Waals surface area contributed by atoms with Crippen LogP contribution in [0.3, 0.4) is 0 Å². The average molecular weight is 322 g/mol. The SMILES string of the molecule is C=CCNC(=O)COc1ccc(C2=NNC(=O)CC2)cc1Cl. The predicted molar refractivity (Wildman–Crippen MR) is 84.1 cm³/mol. The standard InChI is InChI=1S/C15H16ClN3O3/c1-2-7-17-15(21)9-22-13-5-3-10(8-11(13)16)12-4-6-14(20)19-18-12/h2-3,5,8H,1,4,6-7,9H2,(H,17,21)(H,19,20). The lowest BCUT2D eigenvalue weighted by atomic mass is 10.0. The van der Waals surface area contributed by atoms with Crippen LogP contribution in [0.15, 0.2) is 36.0 Å². The Hall–Kier alpha value is -2.34. The molecule has 7 heteroatoms. The van der Waals surface area contributed by atoms with Crippen molar-refractivity contribution in [2.24, 2.45) is 5.10 Å². The summed E-state index contributed by atoms with van der Waals surface area (Å²) >= 11 is 6.15. The van der Waals surface area contributed by atoms with E-state index < -0.39 is 0 Å². The molecule has 0 spiro atoms. The van der Waals surface area contributed by atoms with Crippen LogP contribution in [-0.2, 0) is 9.59 Å². The Morgan fingerprint density at radius 1 is 1.50 bits per heavy atom. The van der Waals surface area contributed by atoms with Crippen molar-refractivity contribution < 1.29 is 14.3 Å². The summed E-state index contributed by atoms with van der Waals surface area (Å²) in [5, 5.41) is 6.99. The van der Waals surface area contributed by atoms with E-state index in [9.17, 15) is 9.59 Å². The number of ether oxygens (including phenoxy) is 1. The third kappa shape index (κ3) is 4.33. The number of carbonyl (C=O) groups is 2. The summed E-state index contributed by atoms with van der Waals surface area (Å²) in [5.41, 5.74) is 4.01. The number of halogens is 1. The van der Waals surface area contributed by atoms with Crippen molar-refractivity contribution in [1.29, 1.82) is 0 Å². The second kappa shape index (κ2) is 7.61. The maximum Gasteiger partial charge on any atom is 0.258 e. The fraction of sp³-hybridized carbons (Fsp3) is 0.267. The minimum absolute atomic E-state index is 0.0969. The van der Waals surface area contributed by atoms with E-state index in [-0.39, 0.29) is 18.4 Å². The summed E-state index contributed by atoms with van der Waals surface area (Å²) in [7, 11) is 0. The zero-order valence-electron chi connectivity index (χ0n) is 11.9. The third-order valence-corrected chi connectivity index (χ3v) is 3.27. The number of hydrazone groups is 1. The summed E-state index contributed by atoms with van der Waals surface area (Å²) in [4.78, 5) is 22.5. The number of hydrogen-bond acceptors (Lipinski definition) is 4. The summed E-state index contributed by atoms with van der Waals surface area (Å²) in [6.07, 6.45) is 2.55. The first-order chi connectivity index (χ1) is 10.6. The van der Waals surface area contributed by atoms with Crippen molar-refractivity contribution in [3.63, 3.8) is 0 Å². The third-order valence-electron chi connectivity index (χ3n) is 2.97. The van der Waals surface area contributed by atoms with Gasteiger partial charge in [0.1, 0.15) is 5.75 Å². The van der Waals surface area contributed by atoms with Crippen LogP contribution in [0.1, 0.15) is 18.4 Å². The molecule has 0 unspecified atom stereocenters. The topological polar surface area (TPSA) is 79.8 Å². The van der Waals surface area contributed by atoms with Gasteiger partial charge < -0.3 is 10.1 Å². The van der Waals surface area contributed by atoms with Crippen molar-refractivity contribution in [3.05, 3.63) is 41.4 Å². The van der Waals surface area contributed by atoms with Gasteiger partial charge in [-0.1, -0.05) is 17.7 Å². The van der Waals surface area contributed by atoms with Crippen molar-refractivity contribution in [1.82, 2.24) is 10.7 Å². The molecule has 2 amide bonds. The molecule has 116 valence electrons. The van der Waals surface area contributed by atoms with Gasteiger partial charge in [0.05, 0.1) is 10.7 Å². The second-order valence-corrected chi connectivity index (χ2v) is 5.03. The number of benzene rings is 1. The van der Waals surface area contributed by atoms with Crippen LogP contribution in [-0.4, -0.2) is 30.7 Å². The Morgan fingerprint density at radius 2 is 2.32 bits per heavy atom. The number of carbonyl (C=O) groups excluding carboxylic acids is 2. The first kappa shape index (κ1) is 16.0. The maximum absolute atomic E-state index is 11.4. The summed E-state index contributed by atoms with van der Waals surface area (Å²) < 4.78 is 5.37. The lowest BCUT2D eigenvalue weighted by molar-refractivity contribution is -0.123. The van der Waals surface area contributed by atoms with Gasteiger partial charge in [-0.3, -0.25) is 9.59 Å². The molecule has 22 heavy (non-hydrogen) atoms. The van der Waals surface area contributed by atoms with Crippen LogP contribution >= 0.6 is 11.6 Å². The highest BCUT2D eigenvalue weighted by Gasteiger charge is 2.15. The minimum atomic E-state index is -0.251. The smallest absolute Gasteiger partial charge is 0.258 e. The molecule has 1 aliphatic heterocycles. The minimum Gasteiger partial charge on any atom is -0.482 e. The lowest BCUT2D eigenvalue weighted by Crippen LogP contribution is -2.28. The maximum atomic E-state index is 11.4. The van der Waals surface area contributed by atoms with Crippen LogP contribution in [0.4, 0.5) is 0 Å². The molecule has 0 bridgehead atoms. The lowest BCUT2D eigenvalue weighted by Gasteiger charge is -2.13. The Labute approximate surface area is 133 Å². The molecule has 0 saturated carbocycles. The number of rotatable bonds is 6. The molecule has 0 saturated heterocycles. The zero-order valence-corrected chi connectivity index (χ0v) is 12.7. The van der Waals surface area contributed by atoms with Crippen molar-refractivity contribution in [3.8, 4) is 5.75 Å². The Morgan fingerprint density at radius 3 is 2.95 bits per heavy atom. The molecule has 6 nitrogen and oxygen atoms in total. The molecule has 0 atom stereocenters. The highest BCUT2D eigenvalue weighted by atomic mass is 35.5. The van der Waals surface area contributed by atoms with E-state index in [4.69, 9.17) is 16.3 Å². The van der Waals surface area contributed by atoms with E-state index in [1.165, 1.54) is 0 Å². The Bertz CT molecular complexity index is 628. The zero-order chi connectivity index (χ0) is 15.9. The molecule has 1 aromatic carbocycles. The molecule has 0 fully saturated rings. The van der Waals surface area contributed by atoms with E-state index in [0.29, 0.717) is 30.2 Å². The number of amides is 2. The fourth-order valence-electron chi connectivity index (χ4n) is 1.86. The highest BCUT2D eigenvalue weighted by molar-refractivity contribution is 6.32. The first-order valence-corrected chi connectivity index (χ1v) is 7.13. The van der Waals surface area contributed by atoms with E-state index in [0.717, 1.165) is 11.3 Å². The Balaban J connectivity index is 1.99. The second-order valence-electron chi connectivity index (χ2n) is 4.62. The highest BCUT2D eigenvalue weighted by Crippen LogP contribution is 2.26. The van der Waals surface area contributed by atoms with Crippen molar-refractivity contribution in [2.45, 2.75) is 12.8 Å². The summed E-state index contributed by atoms with van der Waals surface area (Å²) in [6, 6.07) is 5.17. The monoisotopic (exact) mass is 321 g/mol. The van der Waals surface area contributed by atoms with Gasteiger partial charge >= 0.3 is 0 Å². The predicted octanol–water partition coefficient (Wildman–Crippen LogP) is 1.64. The van der Waals surface area contributed by atoms with Crippen LogP contribution in [0, 0.1) is 0 Å². The van der Waals surface area contributed by atoms with Crippen molar-refractivity contribution >= 4 is 29.1 Å². The van der Waals surface area contributed by atoms with Crippen LogP contribution < -0.4 is 15.5 Å². The van der Waals surface area contributed by atoms with Gasteiger partial charge in [0.25, 0.3) is 5.91 Å². The number of hydrogen-bond donors (Lipinski definition) is 2. The molecule has 2 N–H and O–H groups in total. The van der Waals surface area contributed by atoms with Crippen molar-refractivity contribution in [2.75, 3.05) is 13.2 Å². The van der Waals surface area contributed by atoms with E-state index in [2.05, 4.69) is 22.4 Å². The number of nitrogens with one attached hydrogen (secondary N) is 2. The molecule has 0 aliphatic carbocycles. The van der Waals surface area contributed by atoms with Gasteiger partial charge in [0.15, 0.2) is 6.61 Å². The van der Waals surface area contributed by atoms with Crippen LogP contribution in [0.2, 0.25) is 5.02 Å². The van der Waals surface area contributed by atoms with Gasteiger partial charge in [0, 0.05) is 19.4 Å². The summed E-state index contributed by atoms with van der Waals surface area (Å²) in [6.45, 7) is 3.78. The van der Waals surface area contributed by atoms with E-state index >= 15 is 0 Å². The van der Waals surface area contributed by atoms with E-state index in [1.807, 2.05) is 0 Å². The molecule has 1 aromatic rings. The van der Waals surface area contributed by atoms with Crippen LogP contribution in [0.5, 0.6) is 5.75 Å². The molecule has 2 rings (SSSR count). The van der Waals surface area contributed by atoms with Crippen LogP contribution in [0.25, 0.3) is 0 Å². The van der Waals surface area contributed by atoms with Gasteiger partial charge in [-0.05, 0) is 23.8 Å². The van der Waals surface area contributed by atoms with Gasteiger partial charge in [-0.15, -0.1) is 6.58 Å². The quantitative estimate of drug-likeness (QED) is 0.782.